The average molecular weight is 283 g/mol. The van der Waals surface area contributed by atoms with E-state index in [2.05, 4.69) is 41.2 Å². The third kappa shape index (κ3) is 2.71. The maximum absolute atomic E-state index is 6.02. The Kier molecular flexibility index (Phi) is 3.76. The van der Waals surface area contributed by atoms with Gasteiger partial charge < -0.3 is 10.7 Å². The third-order valence-corrected chi connectivity index (χ3v) is 4.22. The maximum Gasteiger partial charge on any atom is 0.171 e. The first-order chi connectivity index (χ1) is 9.76. The topological polar surface area (TPSA) is 54.7 Å². The molecule has 3 N–H and O–H groups in total. The summed E-state index contributed by atoms with van der Waals surface area (Å²) in [6.45, 7) is 2.10. The molecule has 0 unspecified atom stereocenters. The lowest BCUT2D eigenvalue weighted by molar-refractivity contribution is 0.698. The number of aromatic amines is 1. The Balaban J connectivity index is 1.80. The minimum atomic E-state index is 0.125. The van der Waals surface area contributed by atoms with E-state index in [1.807, 2.05) is 24.3 Å². The fourth-order valence-corrected chi connectivity index (χ4v) is 2.91. The quantitative estimate of drug-likeness (QED) is 0.757. The average Bonchev–Trinajstić information content (AvgIpc) is 2.89. The summed E-state index contributed by atoms with van der Waals surface area (Å²) in [5, 5.41) is 0.915. The standard InChI is InChI=1S/C16H17N3S/c1-2-13(17)11-7-9-12(10-8-11)20-16-18-14-5-3-4-6-15(14)19-16/h3-10,13H,2,17H2,1H3,(H,18,19)/t13-/m0/s1. The number of para-hydroxylation sites is 2. The number of aromatic nitrogens is 2. The Morgan fingerprint density at radius 1 is 1.15 bits per heavy atom. The summed E-state index contributed by atoms with van der Waals surface area (Å²) in [6.07, 6.45) is 0.954. The molecule has 1 atom stereocenters. The van der Waals surface area contributed by atoms with Gasteiger partial charge in [-0.25, -0.2) is 4.98 Å². The Morgan fingerprint density at radius 2 is 1.90 bits per heavy atom. The van der Waals surface area contributed by atoms with Gasteiger partial charge in [0.05, 0.1) is 11.0 Å². The van der Waals surface area contributed by atoms with Crippen molar-refractivity contribution in [1.82, 2.24) is 9.97 Å². The van der Waals surface area contributed by atoms with Crippen LogP contribution >= 0.6 is 11.8 Å². The van der Waals surface area contributed by atoms with Gasteiger partial charge in [-0.3, -0.25) is 0 Å². The van der Waals surface area contributed by atoms with Gasteiger partial charge in [0, 0.05) is 10.9 Å². The molecule has 3 nitrogen and oxygen atoms in total. The Bertz CT molecular complexity index is 670. The zero-order chi connectivity index (χ0) is 13.9. The summed E-state index contributed by atoms with van der Waals surface area (Å²) in [7, 11) is 0. The van der Waals surface area contributed by atoms with E-state index in [0.717, 1.165) is 27.5 Å². The number of benzene rings is 2. The Labute approximate surface area is 122 Å². The van der Waals surface area contributed by atoms with Crippen LogP contribution in [0, 0.1) is 0 Å². The molecule has 3 aromatic rings. The molecule has 0 bridgehead atoms. The molecule has 2 aromatic carbocycles. The molecule has 0 amide bonds. The van der Waals surface area contributed by atoms with E-state index in [-0.39, 0.29) is 6.04 Å². The molecule has 4 heteroatoms. The first kappa shape index (κ1) is 13.2. The molecular weight excluding hydrogens is 266 g/mol. The van der Waals surface area contributed by atoms with Crippen LogP contribution in [0.15, 0.2) is 58.6 Å². The van der Waals surface area contributed by atoms with Crippen LogP contribution in [0.4, 0.5) is 0 Å². The van der Waals surface area contributed by atoms with Crippen LogP contribution in [0.3, 0.4) is 0 Å². The van der Waals surface area contributed by atoms with Crippen LogP contribution in [0.5, 0.6) is 0 Å². The lowest BCUT2D eigenvalue weighted by Crippen LogP contribution is -2.07. The second kappa shape index (κ2) is 5.69. The van der Waals surface area contributed by atoms with Crippen LogP contribution in [0.25, 0.3) is 11.0 Å². The Hall–Kier alpha value is -1.78. The minimum Gasteiger partial charge on any atom is -0.333 e. The molecule has 0 aliphatic heterocycles. The van der Waals surface area contributed by atoms with Crippen molar-refractivity contribution < 1.29 is 0 Å². The van der Waals surface area contributed by atoms with Crippen LogP contribution < -0.4 is 5.73 Å². The number of hydrogen-bond donors (Lipinski definition) is 2. The van der Waals surface area contributed by atoms with Gasteiger partial charge >= 0.3 is 0 Å². The number of fused-ring (bicyclic) bond motifs is 1. The molecule has 0 fully saturated rings. The van der Waals surface area contributed by atoms with Gasteiger partial charge in [-0.05, 0) is 36.2 Å². The summed E-state index contributed by atoms with van der Waals surface area (Å²) in [5.41, 5.74) is 9.27. The number of rotatable bonds is 4. The smallest absolute Gasteiger partial charge is 0.171 e. The fraction of sp³-hybridized carbons (Fsp3) is 0.188. The highest BCUT2D eigenvalue weighted by Crippen LogP contribution is 2.28. The predicted octanol–water partition coefficient (Wildman–Crippen LogP) is 4.12. The molecule has 0 radical (unpaired) electrons. The van der Waals surface area contributed by atoms with Crippen molar-refractivity contribution in [3.63, 3.8) is 0 Å². The van der Waals surface area contributed by atoms with Crippen molar-refractivity contribution in [3.8, 4) is 0 Å². The number of H-pyrrole nitrogens is 1. The van der Waals surface area contributed by atoms with Gasteiger partial charge in [0.25, 0.3) is 0 Å². The minimum absolute atomic E-state index is 0.125. The zero-order valence-corrected chi connectivity index (χ0v) is 12.2. The molecule has 0 aliphatic rings. The Morgan fingerprint density at radius 3 is 2.60 bits per heavy atom. The molecule has 0 saturated carbocycles. The number of imidazole rings is 1. The van der Waals surface area contributed by atoms with E-state index < -0.39 is 0 Å². The number of nitrogens with two attached hydrogens (primary N) is 1. The van der Waals surface area contributed by atoms with Crippen LogP contribution in [-0.2, 0) is 0 Å². The van der Waals surface area contributed by atoms with Crippen molar-refractivity contribution >= 4 is 22.8 Å². The highest BCUT2D eigenvalue weighted by Gasteiger charge is 2.06. The summed E-state index contributed by atoms with van der Waals surface area (Å²) in [5.74, 6) is 0. The van der Waals surface area contributed by atoms with Crippen LogP contribution in [0.1, 0.15) is 24.9 Å². The summed E-state index contributed by atoms with van der Waals surface area (Å²) >= 11 is 1.63. The number of nitrogens with one attached hydrogen (secondary N) is 1. The molecule has 3 rings (SSSR count). The van der Waals surface area contributed by atoms with E-state index in [1.165, 1.54) is 5.56 Å². The summed E-state index contributed by atoms with van der Waals surface area (Å²) in [6, 6.07) is 16.6. The molecular formula is C16H17N3S. The second-order valence-electron chi connectivity index (χ2n) is 4.74. The summed E-state index contributed by atoms with van der Waals surface area (Å²) in [4.78, 5) is 9.05. The fourth-order valence-electron chi connectivity index (χ4n) is 2.11. The van der Waals surface area contributed by atoms with Crippen molar-refractivity contribution in [2.24, 2.45) is 5.73 Å². The monoisotopic (exact) mass is 283 g/mol. The highest BCUT2D eigenvalue weighted by atomic mass is 32.2. The number of nitrogens with zero attached hydrogens (tertiary/aromatic N) is 1. The van der Waals surface area contributed by atoms with Crippen molar-refractivity contribution in [2.45, 2.75) is 29.4 Å². The molecule has 1 heterocycles. The van der Waals surface area contributed by atoms with Crippen LogP contribution in [0.2, 0.25) is 0 Å². The van der Waals surface area contributed by atoms with Gasteiger partial charge in [-0.2, -0.15) is 0 Å². The molecule has 0 spiro atoms. The van der Waals surface area contributed by atoms with E-state index in [1.54, 1.807) is 11.8 Å². The second-order valence-corrected chi connectivity index (χ2v) is 5.81. The van der Waals surface area contributed by atoms with Gasteiger partial charge in [0.15, 0.2) is 5.16 Å². The molecule has 1 aromatic heterocycles. The van der Waals surface area contributed by atoms with Gasteiger partial charge in [0.2, 0.25) is 0 Å². The third-order valence-electron chi connectivity index (χ3n) is 3.33. The van der Waals surface area contributed by atoms with Gasteiger partial charge in [0.1, 0.15) is 0 Å². The highest BCUT2D eigenvalue weighted by molar-refractivity contribution is 7.99. The lowest BCUT2D eigenvalue weighted by Gasteiger charge is -2.09. The molecule has 0 aliphatic carbocycles. The predicted molar refractivity (Wildman–Crippen MR) is 83.9 cm³/mol. The first-order valence-electron chi connectivity index (χ1n) is 6.74. The van der Waals surface area contributed by atoms with E-state index in [0.29, 0.717) is 0 Å². The molecule has 0 saturated heterocycles. The van der Waals surface area contributed by atoms with Crippen molar-refractivity contribution in [2.75, 3.05) is 0 Å². The summed E-state index contributed by atoms with van der Waals surface area (Å²) < 4.78 is 0. The maximum atomic E-state index is 6.02. The largest absolute Gasteiger partial charge is 0.333 e. The molecule has 20 heavy (non-hydrogen) atoms. The first-order valence-corrected chi connectivity index (χ1v) is 7.56. The van der Waals surface area contributed by atoms with E-state index in [4.69, 9.17) is 5.73 Å². The number of hydrogen-bond acceptors (Lipinski definition) is 3. The SMILES string of the molecule is CC[C@H](N)c1ccc(Sc2nc3ccccc3[nH]2)cc1. The molecule has 102 valence electrons. The normalized spacial score (nSPS) is 12.7. The van der Waals surface area contributed by atoms with E-state index in [9.17, 15) is 0 Å². The zero-order valence-electron chi connectivity index (χ0n) is 11.3. The van der Waals surface area contributed by atoms with Gasteiger partial charge in [-0.1, -0.05) is 43.0 Å². The van der Waals surface area contributed by atoms with E-state index >= 15 is 0 Å². The lowest BCUT2D eigenvalue weighted by atomic mass is 10.1. The van der Waals surface area contributed by atoms with Crippen molar-refractivity contribution in [3.05, 3.63) is 54.1 Å². The van der Waals surface area contributed by atoms with Crippen LogP contribution in [-0.4, -0.2) is 9.97 Å². The van der Waals surface area contributed by atoms with Gasteiger partial charge in [-0.15, -0.1) is 0 Å². The van der Waals surface area contributed by atoms with Crippen molar-refractivity contribution in [1.29, 1.82) is 0 Å².